The smallest absolute Gasteiger partial charge is 0.259 e. The van der Waals surface area contributed by atoms with Gasteiger partial charge in [0.05, 0.1) is 25.5 Å². The zero-order chi connectivity index (χ0) is 19.4. The number of nitrogens with zero attached hydrogens (tertiary/aromatic N) is 3. The first kappa shape index (κ1) is 18.1. The highest BCUT2D eigenvalue weighted by Crippen LogP contribution is 2.22. The molecule has 1 amide bonds. The lowest BCUT2D eigenvalue weighted by molar-refractivity contribution is 0.102. The summed E-state index contributed by atoms with van der Waals surface area (Å²) >= 11 is 0. The standard InChI is InChI=1S/C19H14F2N4O2/c1-27-16-8-3-2-5-12(16)10-25-11-23-18(15(25)9-22)24-19(26)13-6-4-7-14(20)17(13)21/h2-8,11H,10H2,1H3,(H,24,26). The lowest BCUT2D eigenvalue weighted by Gasteiger charge is -2.09. The van der Waals surface area contributed by atoms with Crippen LogP contribution in [0.4, 0.5) is 14.6 Å². The Labute approximate surface area is 153 Å². The van der Waals surface area contributed by atoms with Crippen molar-refractivity contribution < 1.29 is 18.3 Å². The highest BCUT2D eigenvalue weighted by Gasteiger charge is 2.19. The van der Waals surface area contributed by atoms with Gasteiger partial charge in [0.25, 0.3) is 5.91 Å². The Balaban J connectivity index is 1.87. The van der Waals surface area contributed by atoms with Gasteiger partial charge in [-0.05, 0) is 18.2 Å². The highest BCUT2D eigenvalue weighted by molar-refractivity contribution is 6.04. The lowest BCUT2D eigenvalue weighted by atomic mass is 10.2. The molecule has 0 aliphatic heterocycles. The molecule has 0 saturated heterocycles. The fourth-order valence-corrected chi connectivity index (χ4v) is 2.58. The van der Waals surface area contributed by atoms with Crippen molar-refractivity contribution in [2.75, 3.05) is 12.4 Å². The van der Waals surface area contributed by atoms with Crippen molar-refractivity contribution in [3.63, 3.8) is 0 Å². The molecule has 0 bridgehead atoms. The van der Waals surface area contributed by atoms with E-state index >= 15 is 0 Å². The largest absolute Gasteiger partial charge is 0.496 e. The summed E-state index contributed by atoms with van der Waals surface area (Å²) in [4.78, 5) is 16.2. The molecule has 8 heteroatoms. The van der Waals surface area contributed by atoms with Crippen LogP contribution in [-0.4, -0.2) is 22.6 Å². The molecule has 0 atom stereocenters. The number of carbonyl (C=O) groups excluding carboxylic acids is 1. The SMILES string of the molecule is COc1ccccc1Cn1cnc(NC(=O)c2cccc(F)c2F)c1C#N. The van der Waals surface area contributed by atoms with Crippen LogP contribution in [0, 0.1) is 23.0 Å². The fraction of sp³-hybridized carbons (Fsp3) is 0.105. The van der Waals surface area contributed by atoms with Gasteiger partial charge in [0, 0.05) is 5.56 Å². The summed E-state index contributed by atoms with van der Waals surface area (Å²) in [5, 5.41) is 11.8. The number of imidazole rings is 1. The third-order valence-electron chi connectivity index (χ3n) is 3.91. The Kier molecular flexibility index (Phi) is 5.13. The van der Waals surface area contributed by atoms with Gasteiger partial charge >= 0.3 is 0 Å². The van der Waals surface area contributed by atoms with Crippen molar-refractivity contribution >= 4 is 11.7 Å². The second-order valence-electron chi connectivity index (χ2n) is 5.55. The van der Waals surface area contributed by atoms with Gasteiger partial charge in [-0.15, -0.1) is 0 Å². The number of ether oxygens (including phenoxy) is 1. The third-order valence-corrected chi connectivity index (χ3v) is 3.91. The Bertz CT molecular complexity index is 1040. The summed E-state index contributed by atoms with van der Waals surface area (Å²) in [6.45, 7) is 0.282. The first-order valence-corrected chi connectivity index (χ1v) is 7.87. The molecule has 1 N–H and O–H groups in total. The van der Waals surface area contributed by atoms with Gasteiger partial charge < -0.3 is 14.6 Å². The summed E-state index contributed by atoms with van der Waals surface area (Å²) in [5.74, 6) is -2.69. The normalized spacial score (nSPS) is 10.3. The van der Waals surface area contributed by atoms with Gasteiger partial charge in [0.2, 0.25) is 0 Å². The number of rotatable bonds is 5. The van der Waals surface area contributed by atoms with Gasteiger partial charge in [-0.2, -0.15) is 5.26 Å². The van der Waals surface area contributed by atoms with Gasteiger partial charge in [0.1, 0.15) is 11.8 Å². The second-order valence-corrected chi connectivity index (χ2v) is 5.55. The van der Waals surface area contributed by atoms with Crippen LogP contribution in [0.2, 0.25) is 0 Å². The molecule has 27 heavy (non-hydrogen) atoms. The molecule has 6 nitrogen and oxygen atoms in total. The van der Waals surface area contributed by atoms with Crippen LogP contribution >= 0.6 is 0 Å². The van der Waals surface area contributed by atoms with Crippen molar-refractivity contribution in [3.05, 3.63) is 77.2 Å². The number of methoxy groups -OCH3 is 1. The van der Waals surface area contributed by atoms with E-state index in [9.17, 15) is 18.8 Å². The van der Waals surface area contributed by atoms with Crippen LogP contribution < -0.4 is 10.1 Å². The molecule has 0 fully saturated rings. The van der Waals surface area contributed by atoms with Crippen molar-refractivity contribution in [1.82, 2.24) is 9.55 Å². The summed E-state index contributed by atoms with van der Waals surface area (Å²) in [5.41, 5.74) is 0.409. The van der Waals surface area contributed by atoms with Gasteiger partial charge in [-0.3, -0.25) is 4.79 Å². The van der Waals surface area contributed by atoms with Crippen molar-refractivity contribution in [1.29, 1.82) is 5.26 Å². The van der Waals surface area contributed by atoms with Crippen LogP contribution in [0.3, 0.4) is 0 Å². The number of nitrogens with one attached hydrogen (secondary N) is 1. The minimum Gasteiger partial charge on any atom is -0.496 e. The summed E-state index contributed by atoms with van der Waals surface area (Å²) < 4.78 is 33.9. The lowest BCUT2D eigenvalue weighted by Crippen LogP contribution is -2.16. The number of aromatic nitrogens is 2. The molecule has 0 aliphatic carbocycles. The van der Waals surface area contributed by atoms with Crippen molar-refractivity contribution in [2.24, 2.45) is 0 Å². The number of halogens is 2. The number of hydrogen-bond donors (Lipinski definition) is 1. The molecular weight excluding hydrogens is 354 g/mol. The predicted molar refractivity (Wildman–Crippen MR) is 93.3 cm³/mol. The Hall–Kier alpha value is -3.73. The molecule has 136 valence electrons. The number of para-hydroxylation sites is 1. The van der Waals surface area contributed by atoms with E-state index in [1.54, 1.807) is 6.07 Å². The highest BCUT2D eigenvalue weighted by atomic mass is 19.2. The summed E-state index contributed by atoms with van der Waals surface area (Å²) in [6.07, 6.45) is 1.38. The molecule has 1 heterocycles. The zero-order valence-corrected chi connectivity index (χ0v) is 14.2. The van der Waals surface area contributed by atoms with E-state index in [4.69, 9.17) is 4.74 Å². The topological polar surface area (TPSA) is 79.9 Å². The van der Waals surface area contributed by atoms with E-state index in [1.165, 1.54) is 24.1 Å². The Morgan fingerprint density at radius 1 is 1.26 bits per heavy atom. The molecular formula is C19H14F2N4O2. The molecule has 0 unspecified atom stereocenters. The number of anilines is 1. The Morgan fingerprint density at radius 2 is 2.04 bits per heavy atom. The second kappa shape index (κ2) is 7.66. The number of amides is 1. The third kappa shape index (κ3) is 3.62. The summed E-state index contributed by atoms with van der Waals surface area (Å²) in [6, 6.07) is 12.5. The van der Waals surface area contributed by atoms with Crippen LogP contribution in [0.15, 0.2) is 48.8 Å². The van der Waals surface area contributed by atoms with E-state index in [2.05, 4.69) is 10.3 Å². The molecule has 0 aliphatic rings. The molecule has 0 radical (unpaired) electrons. The van der Waals surface area contributed by atoms with E-state index < -0.39 is 23.1 Å². The van der Waals surface area contributed by atoms with Crippen LogP contribution in [-0.2, 0) is 6.54 Å². The maximum atomic E-state index is 13.8. The maximum absolute atomic E-state index is 13.8. The number of hydrogen-bond acceptors (Lipinski definition) is 4. The van der Waals surface area contributed by atoms with Crippen LogP contribution in [0.5, 0.6) is 5.75 Å². The first-order valence-electron chi connectivity index (χ1n) is 7.87. The molecule has 0 spiro atoms. The number of nitriles is 1. The van der Waals surface area contributed by atoms with Gasteiger partial charge in [0.15, 0.2) is 23.1 Å². The summed E-state index contributed by atoms with van der Waals surface area (Å²) in [7, 11) is 1.54. The molecule has 3 aromatic rings. The van der Waals surface area contributed by atoms with Crippen LogP contribution in [0.1, 0.15) is 21.6 Å². The molecule has 3 rings (SSSR count). The fourth-order valence-electron chi connectivity index (χ4n) is 2.58. The van der Waals surface area contributed by atoms with Gasteiger partial charge in [-0.1, -0.05) is 24.3 Å². The minimum absolute atomic E-state index is 0.0407. The maximum Gasteiger partial charge on any atom is 0.259 e. The minimum atomic E-state index is -1.26. The van der Waals surface area contributed by atoms with Crippen LogP contribution in [0.25, 0.3) is 0 Å². The van der Waals surface area contributed by atoms with E-state index in [1.807, 2.05) is 24.3 Å². The average Bonchev–Trinajstić information content (AvgIpc) is 3.05. The number of benzene rings is 2. The average molecular weight is 368 g/mol. The van der Waals surface area contributed by atoms with Crippen molar-refractivity contribution in [3.8, 4) is 11.8 Å². The number of carbonyl (C=O) groups is 1. The van der Waals surface area contributed by atoms with Crippen molar-refractivity contribution in [2.45, 2.75) is 6.54 Å². The van der Waals surface area contributed by atoms with Gasteiger partial charge in [-0.25, -0.2) is 13.8 Å². The van der Waals surface area contributed by atoms with E-state index in [0.717, 1.165) is 17.7 Å². The quantitative estimate of drug-likeness (QED) is 0.749. The first-order chi connectivity index (χ1) is 13.0. The van der Waals surface area contributed by atoms with E-state index in [0.29, 0.717) is 5.75 Å². The van der Waals surface area contributed by atoms with E-state index in [-0.39, 0.29) is 18.1 Å². The Morgan fingerprint density at radius 3 is 2.78 bits per heavy atom. The predicted octanol–water partition coefficient (Wildman–Crippen LogP) is 3.34. The molecule has 2 aromatic carbocycles. The monoisotopic (exact) mass is 368 g/mol. The zero-order valence-electron chi connectivity index (χ0n) is 14.2. The molecule has 1 aromatic heterocycles. The molecule has 0 saturated carbocycles.